The molecule has 16 heavy (non-hydrogen) atoms. The first kappa shape index (κ1) is 12.3. The Bertz CT molecular complexity index is 209. The molecule has 0 aromatic carbocycles. The average Bonchev–Trinajstić information content (AvgIpc) is 2.29. The van der Waals surface area contributed by atoms with Crippen molar-refractivity contribution in [3.05, 3.63) is 0 Å². The van der Waals surface area contributed by atoms with E-state index in [4.69, 9.17) is 14.2 Å². The Labute approximate surface area is 97.0 Å². The molecule has 1 saturated carbocycles. The number of hydrogen-bond donors (Lipinski definition) is 1. The fourth-order valence-corrected chi connectivity index (χ4v) is 2.33. The molecule has 5 heteroatoms. The molecule has 1 aliphatic heterocycles. The van der Waals surface area contributed by atoms with Gasteiger partial charge in [0.25, 0.3) is 0 Å². The van der Waals surface area contributed by atoms with Crippen LogP contribution in [0.3, 0.4) is 0 Å². The van der Waals surface area contributed by atoms with E-state index in [1.165, 1.54) is 0 Å². The van der Waals surface area contributed by atoms with Gasteiger partial charge in [-0.1, -0.05) is 0 Å². The zero-order valence-corrected chi connectivity index (χ0v) is 10.1. The molecule has 1 saturated heterocycles. The van der Waals surface area contributed by atoms with Crippen LogP contribution >= 0.6 is 0 Å². The van der Waals surface area contributed by atoms with Gasteiger partial charge in [0, 0.05) is 26.8 Å². The van der Waals surface area contributed by atoms with Crippen LogP contribution in [0.1, 0.15) is 13.3 Å². The van der Waals surface area contributed by atoms with Crippen molar-refractivity contribution in [1.29, 1.82) is 0 Å². The minimum absolute atomic E-state index is 0.183. The van der Waals surface area contributed by atoms with Crippen LogP contribution in [0.15, 0.2) is 0 Å². The molecule has 94 valence electrons. The fourth-order valence-electron chi connectivity index (χ4n) is 2.33. The highest BCUT2D eigenvalue weighted by molar-refractivity contribution is 4.96. The summed E-state index contributed by atoms with van der Waals surface area (Å²) in [5.41, 5.74) is 3.49. The van der Waals surface area contributed by atoms with Crippen molar-refractivity contribution >= 4 is 0 Å². The lowest BCUT2D eigenvalue weighted by Crippen LogP contribution is -2.64. The Morgan fingerprint density at radius 1 is 1.38 bits per heavy atom. The van der Waals surface area contributed by atoms with Crippen molar-refractivity contribution in [1.82, 2.24) is 10.4 Å². The van der Waals surface area contributed by atoms with E-state index in [0.717, 1.165) is 39.3 Å². The summed E-state index contributed by atoms with van der Waals surface area (Å²) < 4.78 is 16.4. The van der Waals surface area contributed by atoms with E-state index < -0.39 is 0 Å². The predicted molar refractivity (Wildman–Crippen MR) is 60.1 cm³/mol. The summed E-state index contributed by atoms with van der Waals surface area (Å²) in [6.07, 6.45) is 1.47. The second-order valence-corrected chi connectivity index (χ2v) is 4.26. The first-order valence-electron chi connectivity index (χ1n) is 6.08. The number of ether oxygens (including phenoxy) is 3. The van der Waals surface area contributed by atoms with Crippen LogP contribution in [0.25, 0.3) is 0 Å². The number of hydrazine groups is 1. The molecular formula is C11H22N2O3. The molecule has 0 spiro atoms. The summed E-state index contributed by atoms with van der Waals surface area (Å²) in [6, 6.07) is 0.389. The SMILES string of the molecule is CCOC1CC(NN2CCOCC2)C1OC. The molecule has 0 amide bonds. The van der Waals surface area contributed by atoms with Gasteiger partial charge in [-0.15, -0.1) is 0 Å². The fraction of sp³-hybridized carbons (Fsp3) is 1.00. The maximum atomic E-state index is 5.59. The Balaban J connectivity index is 1.73. The number of nitrogens with one attached hydrogen (secondary N) is 1. The van der Waals surface area contributed by atoms with Gasteiger partial charge in [0.1, 0.15) is 6.10 Å². The van der Waals surface area contributed by atoms with E-state index in [0.29, 0.717) is 6.04 Å². The van der Waals surface area contributed by atoms with Crippen molar-refractivity contribution in [2.24, 2.45) is 0 Å². The number of hydrogen-bond acceptors (Lipinski definition) is 5. The number of rotatable bonds is 5. The monoisotopic (exact) mass is 230 g/mol. The second kappa shape index (κ2) is 5.93. The maximum absolute atomic E-state index is 5.59. The van der Waals surface area contributed by atoms with Crippen LogP contribution in [0.2, 0.25) is 0 Å². The Hall–Kier alpha value is -0.200. The average molecular weight is 230 g/mol. The summed E-state index contributed by atoms with van der Waals surface area (Å²) in [4.78, 5) is 0. The highest BCUT2D eigenvalue weighted by atomic mass is 16.5. The van der Waals surface area contributed by atoms with E-state index in [1.807, 2.05) is 6.92 Å². The molecule has 2 fully saturated rings. The summed E-state index contributed by atoms with van der Waals surface area (Å²) >= 11 is 0. The van der Waals surface area contributed by atoms with Crippen molar-refractivity contribution in [2.45, 2.75) is 31.6 Å². The zero-order chi connectivity index (χ0) is 11.4. The highest BCUT2D eigenvalue weighted by Crippen LogP contribution is 2.27. The van der Waals surface area contributed by atoms with E-state index in [9.17, 15) is 0 Å². The minimum Gasteiger partial charge on any atom is -0.379 e. The third-order valence-corrected chi connectivity index (χ3v) is 3.26. The van der Waals surface area contributed by atoms with E-state index in [1.54, 1.807) is 7.11 Å². The smallest absolute Gasteiger partial charge is 0.100 e. The molecule has 0 bridgehead atoms. The van der Waals surface area contributed by atoms with Gasteiger partial charge in [-0.2, -0.15) is 0 Å². The quantitative estimate of drug-likeness (QED) is 0.721. The summed E-state index contributed by atoms with van der Waals surface area (Å²) in [7, 11) is 1.75. The molecule has 0 radical (unpaired) electrons. The number of methoxy groups -OCH3 is 1. The van der Waals surface area contributed by atoms with Gasteiger partial charge in [-0.3, -0.25) is 0 Å². The largest absolute Gasteiger partial charge is 0.379 e. The van der Waals surface area contributed by atoms with Gasteiger partial charge in [0.15, 0.2) is 0 Å². The molecule has 1 N–H and O–H groups in total. The molecule has 0 aromatic heterocycles. The van der Waals surface area contributed by atoms with Crippen LogP contribution < -0.4 is 5.43 Å². The summed E-state index contributed by atoms with van der Waals surface area (Å²) in [6.45, 7) is 6.31. The summed E-state index contributed by atoms with van der Waals surface area (Å²) in [5, 5.41) is 2.22. The van der Waals surface area contributed by atoms with Gasteiger partial charge in [-0.05, 0) is 13.3 Å². The Kier molecular flexibility index (Phi) is 4.55. The van der Waals surface area contributed by atoms with Crippen molar-refractivity contribution in [3.63, 3.8) is 0 Å². The van der Waals surface area contributed by atoms with Crippen LogP contribution in [-0.4, -0.2) is 63.3 Å². The van der Waals surface area contributed by atoms with E-state index >= 15 is 0 Å². The Morgan fingerprint density at radius 2 is 2.12 bits per heavy atom. The lowest BCUT2D eigenvalue weighted by molar-refractivity contribution is -0.149. The van der Waals surface area contributed by atoms with E-state index in [2.05, 4.69) is 10.4 Å². The van der Waals surface area contributed by atoms with Crippen LogP contribution in [0, 0.1) is 0 Å². The standard InChI is InChI=1S/C11H22N2O3/c1-3-16-10-8-9(11(10)14-2)12-13-4-6-15-7-5-13/h9-12H,3-8H2,1-2H3. The predicted octanol–water partition coefficient (Wildman–Crippen LogP) is 0.0156. The van der Waals surface area contributed by atoms with Crippen molar-refractivity contribution in [2.75, 3.05) is 40.0 Å². The highest BCUT2D eigenvalue weighted by Gasteiger charge is 2.42. The topological polar surface area (TPSA) is 43.0 Å². The van der Waals surface area contributed by atoms with Crippen LogP contribution in [0.5, 0.6) is 0 Å². The Morgan fingerprint density at radius 3 is 2.75 bits per heavy atom. The van der Waals surface area contributed by atoms with Crippen LogP contribution in [0.4, 0.5) is 0 Å². The minimum atomic E-state index is 0.183. The maximum Gasteiger partial charge on any atom is 0.100 e. The molecule has 2 rings (SSSR count). The first-order valence-corrected chi connectivity index (χ1v) is 6.08. The second-order valence-electron chi connectivity index (χ2n) is 4.26. The van der Waals surface area contributed by atoms with Gasteiger partial charge in [0.2, 0.25) is 0 Å². The lowest BCUT2D eigenvalue weighted by Gasteiger charge is -2.46. The van der Waals surface area contributed by atoms with Crippen molar-refractivity contribution < 1.29 is 14.2 Å². The molecule has 0 aromatic rings. The molecule has 2 aliphatic rings. The van der Waals surface area contributed by atoms with Gasteiger partial charge in [-0.25, -0.2) is 10.4 Å². The third-order valence-electron chi connectivity index (χ3n) is 3.26. The normalized spacial score (nSPS) is 36.0. The van der Waals surface area contributed by atoms with Gasteiger partial charge < -0.3 is 14.2 Å². The molecule has 3 unspecified atom stereocenters. The molecule has 5 nitrogen and oxygen atoms in total. The molecule has 3 atom stereocenters. The molecule has 1 heterocycles. The van der Waals surface area contributed by atoms with E-state index in [-0.39, 0.29) is 12.2 Å². The van der Waals surface area contributed by atoms with Gasteiger partial charge >= 0.3 is 0 Å². The molecular weight excluding hydrogens is 208 g/mol. The number of morpholine rings is 1. The number of nitrogens with zero attached hydrogens (tertiary/aromatic N) is 1. The molecule has 1 aliphatic carbocycles. The zero-order valence-electron chi connectivity index (χ0n) is 10.1. The van der Waals surface area contributed by atoms with Crippen molar-refractivity contribution in [3.8, 4) is 0 Å². The summed E-state index contributed by atoms with van der Waals surface area (Å²) in [5.74, 6) is 0. The van der Waals surface area contributed by atoms with Gasteiger partial charge in [0.05, 0.1) is 25.4 Å². The third kappa shape index (κ3) is 2.73. The van der Waals surface area contributed by atoms with Crippen LogP contribution in [-0.2, 0) is 14.2 Å². The first-order chi connectivity index (χ1) is 7.85. The lowest BCUT2D eigenvalue weighted by atomic mass is 9.85.